The summed E-state index contributed by atoms with van der Waals surface area (Å²) in [7, 11) is 0. The first-order valence-corrected chi connectivity index (χ1v) is 35.3. The van der Waals surface area contributed by atoms with Gasteiger partial charge in [-0.1, -0.05) is 281 Å². The third-order valence-corrected chi connectivity index (χ3v) is 15.4. The van der Waals surface area contributed by atoms with Crippen molar-refractivity contribution in [3.05, 3.63) is 158 Å². The first-order valence-electron chi connectivity index (χ1n) is 35.3. The molecule has 0 bridgehead atoms. The van der Waals surface area contributed by atoms with Gasteiger partial charge in [-0.25, -0.2) is 0 Å². The summed E-state index contributed by atoms with van der Waals surface area (Å²) < 4.78 is 17.7. The lowest BCUT2D eigenvalue weighted by atomic mass is 9.99. The lowest BCUT2D eigenvalue weighted by molar-refractivity contribution is -0.305. The van der Waals surface area contributed by atoms with E-state index in [1.54, 1.807) is 6.08 Å². The molecule has 11 nitrogen and oxygen atoms in total. The number of amides is 1. The maximum atomic E-state index is 13.5. The van der Waals surface area contributed by atoms with Crippen LogP contribution >= 0.6 is 0 Å². The molecule has 0 aromatic carbocycles. The van der Waals surface area contributed by atoms with Gasteiger partial charge in [-0.2, -0.15) is 0 Å². The summed E-state index contributed by atoms with van der Waals surface area (Å²) in [5, 5.41) is 57.2. The third-order valence-electron chi connectivity index (χ3n) is 15.4. The van der Waals surface area contributed by atoms with Gasteiger partial charge in [0.05, 0.1) is 25.4 Å². The summed E-state index contributed by atoms with van der Waals surface area (Å²) in [4.78, 5) is 26.7. The van der Waals surface area contributed by atoms with E-state index in [4.69, 9.17) is 14.2 Å². The summed E-state index contributed by atoms with van der Waals surface area (Å²) in [6.45, 7) is 5.53. The van der Waals surface area contributed by atoms with Gasteiger partial charge in [-0.15, -0.1) is 0 Å². The van der Waals surface area contributed by atoms with E-state index in [-0.39, 0.29) is 19.4 Å². The standard InChI is InChI=1S/C78H127NO10/c1-4-7-10-13-16-19-22-24-26-28-30-32-34-35-36-37-38-40-42-44-46-48-51-54-57-60-63-66-73(83)89-76-75(85)74(84)72(67-80)88-78(76)87-68-69(70(81)64-61-58-55-52-49-21-18-15-12-9-6-3)79-77(86)71(82)65-62-59-56-53-50-47-45-43-41-39-33-31-29-27-25-23-20-17-14-11-8-5-2/h7-8,10-11,16-17,19-20,24-27,30-33,35-36,38,40-41,43,47,50,61,64,69-72,74-76,78,80-82,84-85H,4-6,9,12-15,18,21-23,28-29,34,37,39,42,44-46,48-49,51-60,62-63,65-68H2,1-3H3,(H,79,86)/b10-7-,11-8-,19-16-,20-17-,26-24-,27-25-,32-30-,33-31-,36-35-,40-38-,43-41-,50-47-,64-61+. The lowest BCUT2D eigenvalue weighted by Gasteiger charge is -2.41. The average Bonchev–Trinajstić information content (AvgIpc) is 1.43. The van der Waals surface area contributed by atoms with Crippen LogP contribution in [0, 0.1) is 0 Å². The van der Waals surface area contributed by atoms with Crippen LogP contribution in [0.2, 0.25) is 0 Å². The van der Waals surface area contributed by atoms with Crippen LogP contribution in [0.5, 0.6) is 0 Å². The molecule has 11 heteroatoms. The highest BCUT2D eigenvalue weighted by molar-refractivity contribution is 5.80. The number of hydrogen-bond acceptors (Lipinski definition) is 10. The van der Waals surface area contributed by atoms with E-state index in [0.29, 0.717) is 12.8 Å². The lowest BCUT2D eigenvalue weighted by Crippen LogP contribution is -2.61. The van der Waals surface area contributed by atoms with Gasteiger partial charge in [-0.3, -0.25) is 9.59 Å². The van der Waals surface area contributed by atoms with Crippen molar-refractivity contribution in [1.29, 1.82) is 0 Å². The molecule has 0 aliphatic carbocycles. The zero-order valence-corrected chi connectivity index (χ0v) is 56.0. The summed E-state index contributed by atoms with van der Waals surface area (Å²) in [5.74, 6) is -1.24. The Balaban J connectivity index is 2.60. The van der Waals surface area contributed by atoms with Gasteiger partial charge in [0, 0.05) is 6.42 Å². The largest absolute Gasteiger partial charge is 0.454 e. The number of carbonyl (C=O) groups excluding carboxylic acids is 2. The summed E-state index contributed by atoms with van der Waals surface area (Å²) in [5.41, 5.74) is 0. The average molecular weight is 1240 g/mol. The minimum Gasteiger partial charge on any atom is -0.454 e. The van der Waals surface area contributed by atoms with Gasteiger partial charge in [0.1, 0.15) is 24.4 Å². The molecule has 0 aromatic rings. The van der Waals surface area contributed by atoms with Crippen LogP contribution in [0.25, 0.3) is 0 Å². The molecule has 0 spiro atoms. The van der Waals surface area contributed by atoms with E-state index >= 15 is 0 Å². The van der Waals surface area contributed by atoms with Gasteiger partial charge < -0.3 is 45.1 Å². The number of aliphatic hydroxyl groups is 5. The SMILES string of the molecule is CC/C=C\C/C=C\C/C=C\C/C=C\C/C=C\C/C=C\CCCCCCCCCCC(=O)OC1C(OCC(NC(=O)C(O)CCCCC/C=C\C/C=C\C/C=C\C/C=C\C/C=C\C/C=C\CC)C(O)/C=C/CCCCCCCCCCC)OC(CO)C(O)C1O. The van der Waals surface area contributed by atoms with Crippen LogP contribution in [-0.2, 0) is 23.8 Å². The number of carbonyl (C=O) groups is 2. The van der Waals surface area contributed by atoms with Crippen LogP contribution in [-0.4, -0.2) is 99.6 Å². The fourth-order valence-electron chi connectivity index (χ4n) is 9.95. The molecular weight excluding hydrogens is 1110 g/mol. The fourth-order valence-corrected chi connectivity index (χ4v) is 9.95. The monoisotopic (exact) mass is 1240 g/mol. The molecule has 89 heavy (non-hydrogen) atoms. The topological polar surface area (TPSA) is 175 Å². The highest BCUT2D eigenvalue weighted by Gasteiger charge is 2.47. The van der Waals surface area contributed by atoms with Gasteiger partial charge >= 0.3 is 5.97 Å². The maximum Gasteiger partial charge on any atom is 0.306 e. The molecule has 1 fully saturated rings. The Labute approximate surface area is 542 Å². The predicted molar refractivity (Wildman–Crippen MR) is 374 cm³/mol. The summed E-state index contributed by atoms with van der Waals surface area (Å²) in [6, 6.07) is -1.05. The third kappa shape index (κ3) is 50.6. The highest BCUT2D eigenvalue weighted by atomic mass is 16.7. The first-order chi connectivity index (χ1) is 43.7. The molecule has 1 heterocycles. The number of ether oxygens (including phenoxy) is 3. The van der Waals surface area contributed by atoms with Crippen molar-refractivity contribution in [3.8, 4) is 0 Å². The molecule has 1 aliphatic rings. The van der Waals surface area contributed by atoms with E-state index in [9.17, 15) is 35.1 Å². The number of hydrogen-bond donors (Lipinski definition) is 6. The zero-order valence-electron chi connectivity index (χ0n) is 56.0. The number of nitrogens with one attached hydrogen (secondary N) is 1. The van der Waals surface area contributed by atoms with Crippen molar-refractivity contribution in [2.75, 3.05) is 13.2 Å². The van der Waals surface area contributed by atoms with Gasteiger partial charge in [-0.05, 0) is 128 Å². The zero-order chi connectivity index (χ0) is 64.6. The number of esters is 1. The van der Waals surface area contributed by atoms with Crippen molar-refractivity contribution in [3.63, 3.8) is 0 Å². The van der Waals surface area contributed by atoms with Crippen molar-refractivity contribution < 1.29 is 49.3 Å². The van der Waals surface area contributed by atoms with E-state index in [1.807, 2.05) is 6.08 Å². The van der Waals surface area contributed by atoms with Crippen LogP contribution in [0.1, 0.15) is 258 Å². The molecule has 1 amide bonds. The van der Waals surface area contributed by atoms with Crippen molar-refractivity contribution in [1.82, 2.24) is 5.32 Å². The Morgan fingerprint density at radius 1 is 0.449 bits per heavy atom. The minimum atomic E-state index is -1.63. The second-order valence-corrected chi connectivity index (χ2v) is 23.5. The Bertz CT molecular complexity index is 2060. The number of rotatable bonds is 58. The predicted octanol–water partition coefficient (Wildman–Crippen LogP) is 18.3. The fraction of sp³-hybridized carbons (Fsp3) is 0.641. The van der Waals surface area contributed by atoms with Gasteiger partial charge in [0.25, 0.3) is 0 Å². The van der Waals surface area contributed by atoms with Gasteiger partial charge in [0.2, 0.25) is 5.91 Å². The Morgan fingerprint density at radius 3 is 1.21 bits per heavy atom. The quantitative estimate of drug-likeness (QED) is 0.0195. The maximum absolute atomic E-state index is 13.5. The van der Waals surface area contributed by atoms with Crippen molar-refractivity contribution >= 4 is 11.9 Å². The van der Waals surface area contributed by atoms with E-state index in [1.165, 1.54) is 57.8 Å². The molecule has 6 N–H and O–H groups in total. The molecule has 504 valence electrons. The summed E-state index contributed by atoms with van der Waals surface area (Å²) in [6.07, 6.45) is 82.8. The molecule has 1 saturated heterocycles. The molecule has 1 aliphatic heterocycles. The minimum absolute atomic E-state index is 0.100. The highest BCUT2D eigenvalue weighted by Crippen LogP contribution is 2.26. The number of unbranched alkanes of at least 4 members (excludes halogenated alkanes) is 20. The first kappa shape index (κ1) is 82.3. The second kappa shape index (κ2) is 63.4. The molecule has 8 atom stereocenters. The van der Waals surface area contributed by atoms with Crippen LogP contribution in [0.15, 0.2) is 158 Å². The smallest absolute Gasteiger partial charge is 0.306 e. The molecule has 8 unspecified atom stereocenters. The molecule has 1 rings (SSSR count). The van der Waals surface area contributed by atoms with Crippen molar-refractivity contribution in [2.24, 2.45) is 0 Å². The summed E-state index contributed by atoms with van der Waals surface area (Å²) >= 11 is 0. The Kier molecular flexibility index (Phi) is 58.6. The van der Waals surface area contributed by atoms with Crippen LogP contribution in [0.3, 0.4) is 0 Å². The van der Waals surface area contributed by atoms with Crippen molar-refractivity contribution in [2.45, 2.75) is 307 Å². The normalized spacial score (nSPS) is 19.1. The van der Waals surface area contributed by atoms with E-state index in [0.717, 1.165) is 154 Å². The second-order valence-electron chi connectivity index (χ2n) is 23.5. The molecular formula is C78H127NO10. The molecule has 0 saturated carbocycles. The van der Waals surface area contributed by atoms with Gasteiger partial charge in [0.15, 0.2) is 12.4 Å². The van der Waals surface area contributed by atoms with Crippen LogP contribution in [0.4, 0.5) is 0 Å². The molecule has 0 radical (unpaired) electrons. The number of aliphatic hydroxyl groups excluding tert-OH is 5. The Morgan fingerprint density at radius 2 is 0.809 bits per heavy atom. The molecule has 0 aromatic heterocycles. The van der Waals surface area contributed by atoms with Crippen LogP contribution < -0.4 is 5.32 Å². The van der Waals surface area contributed by atoms with E-state index in [2.05, 4.69) is 172 Å². The number of allylic oxidation sites excluding steroid dienone is 25. The van der Waals surface area contributed by atoms with E-state index < -0.39 is 67.4 Å². The Hall–Kier alpha value is -4.72.